The summed E-state index contributed by atoms with van der Waals surface area (Å²) < 4.78 is 35.3. The molecule has 1 aliphatic rings. The molecule has 1 N–H and O–H groups in total. The SMILES string of the molecule is O[C@@H]1CC(c2ccccc2OC(F)F)Oc2ccccc21. The van der Waals surface area contributed by atoms with E-state index in [1.807, 2.05) is 6.07 Å². The first-order chi connectivity index (χ1) is 10.1. The average molecular weight is 292 g/mol. The summed E-state index contributed by atoms with van der Waals surface area (Å²) in [6, 6.07) is 13.6. The predicted octanol–water partition coefficient (Wildman–Crippen LogP) is 3.85. The van der Waals surface area contributed by atoms with Crippen LogP contribution in [0.3, 0.4) is 0 Å². The third-order valence-corrected chi connectivity index (χ3v) is 3.47. The minimum Gasteiger partial charge on any atom is -0.485 e. The molecule has 0 amide bonds. The van der Waals surface area contributed by atoms with Crippen LogP contribution in [0.1, 0.15) is 29.8 Å². The summed E-state index contributed by atoms with van der Waals surface area (Å²) in [4.78, 5) is 0. The number of halogens is 2. The number of ether oxygens (including phenoxy) is 2. The lowest BCUT2D eigenvalue weighted by Gasteiger charge is -2.30. The molecule has 110 valence electrons. The van der Waals surface area contributed by atoms with Gasteiger partial charge in [0.2, 0.25) is 0 Å². The van der Waals surface area contributed by atoms with Crippen LogP contribution >= 0.6 is 0 Å². The van der Waals surface area contributed by atoms with Gasteiger partial charge in [0.25, 0.3) is 0 Å². The largest absolute Gasteiger partial charge is 0.485 e. The van der Waals surface area contributed by atoms with Crippen molar-refractivity contribution in [3.63, 3.8) is 0 Å². The molecule has 0 saturated heterocycles. The minimum atomic E-state index is -2.90. The second kappa shape index (κ2) is 5.69. The van der Waals surface area contributed by atoms with Crippen molar-refractivity contribution in [2.45, 2.75) is 25.2 Å². The molecule has 21 heavy (non-hydrogen) atoms. The first-order valence-electron chi connectivity index (χ1n) is 6.62. The van der Waals surface area contributed by atoms with Gasteiger partial charge in [-0.1, -0.05) is 36.4 Å². The maximum atomic E-state index is 12.5. The molecule has 0 aliphatic carbocycles. The fraction of sp³-hybridized carbons (Fsp3) is 0.250. The van der Waals surface area contributed by atoms with Gasteiger partial charge < -0.3 is 14.6 Å². The van der Waals surface area contributed by atoms with E-state index in [4.69, 9.17) is 4.74 Å². The molecule has 3 nitrogen and oxygen atoms in total. The molecule has 0 fully saturated rings. The maximum Gasteiger partial charge on any atom is 0.387 e. The summed E-state index contributed by atoms with van der Waals surface area (Å²) >= 11 is 0. The molecule has 2 atom stereocenters. The minimum absolute atomic E-state index is 0.0732. The lowest BCUT2D eigenvalue weighted by atomic mass is 9.94. The van der Waals surface area contributed by atoms with Crippen LogP contribution in [-0.2, 0) is 0 Å². The molecule has 0 saturated carbocycles. The highest BCUT2D eigenvalue weighted by Crippen LogP contribution is 2.42. The molecular weight excluding hydrogens is 278 g/mol. The standard InChI is InChI=1S/C16H14F2O3/c17-16(18)21-14-8-4-2-6-11(14)15-9-12(19)10-5-1-3-7-13(10)20-15/h1-8,12,15-16,19H,9H2/t12-,15?/m1/s1. The highest BCUT2D eigenvalue weighted by atomic mass is 19.3. The van der Waals surface area contributed by atoms with Gasteiger partial charge in [-0.05, 0) is 12.1 Å². The molecule has 1 aliphatic heterocycles. The van der Waals surface area contributed by atoms with Gasteiger partial charge in [0.05, 0.1) is 6.10 Å². The number of hydrogen-bond acceptors (Lipinski definition) is 3. The van der Waals surface area contributed by atoms with Gasteiger partial charge in [-0.25, -0.2) is 0 Å². The Kier molecular flexibility index (Phi) is 3.75. The quantitative estimate of drug-likeness (QED) is 0.934. The third kappa shape index (κ3) is 2.83. The van der Waals surface area contributed by atoms with Gasteiger partial charge >= 0.3 is 6.61 Å². The van der Waals surface area contributed by atoms with Gasteiger partial charge in [0.15, 0.2) is 0 Å². The molecule has 0 radical (unpaired) electrons. The summed E-state index contributed by atoms with van der Waals surface area (Å²) in [6.45, 7) is -2.90. The second-order valence-electron chi connectivity index (χ2n) is 4.81. The first-order valence-corrected chi connectivity index (χ1v) is 6.62. The molecule has 2 aromatic carbocycles. The van der Waals surface area contributed by atoms with E-state index in [0.29, 0.717) is 23.3 Å². The summed E-state index contributed by atoms with van der Waals surface area (Å²) in [7, 11) is 0. The number of para-hydroxylation sites is 2. The number of fused-ring (bicyclic) bond motifs is 1. The normalized spacial score (nSPS) is 20.8. The lowest BCUT2D eigenvalue weighted by molar-refractivity contribution is -0.0519. The van der Waals surface area contributed by atoms with E-state index < -0.39 is 18.8 Å². The van der Waals surface area contributed by atoms with E-state index in [1.54, 1.807) is 36.4 Å². The topological polar surface area (TPSA) is 38.7 Å². The zero-order chi connectivity index (χ0) is 14.8. The lowest BCUT2D eigenvalue weighted by Crippen LogP contribution is -2.20. The average Bonchev–Trinajstić information content (AvgIpc) is 2.47. The van der Waals surface area contributed by atoms with Crippen molar-refractivity contribution in [3.05, 3.63) is 59.7 Å². The van der Waals surface area contributed by atoms with E-state index >= 15 is 0 Å². The van der Waals surface area contributed by atoms with Crippen LogP contribution in [-0.4, -0.2) is 11.7 Å². The number of hydrogen-bond donors (Lipinski definition) is 1. The Morgan fingerprint density at radius 2 is 1.71 bits per heavy atom. The van der Waals surface area contributed by atoms with E-state index in [2.05, 4.69) is 4.74 Å². The predicted molar refractivity (Wildman–Crippen MR) is 72.5 cm³/mol. The molecule has 3 rings (SSSR count). The van der Waals surface area contributed by atoms with Crippen molar-refractivity contribution in [2.24, 2.45) is 0 Å². The van der Waals surface area contributed by atoms with Crippen LogP contribution in [0.4, 0.5) is 8.78 Å². The van der Waals surface area contributed by atoms with Gasteiger partial charge in [0, 0.05) is 17.5 Å². The Morgan fingerprint density at radius 1 is 1.05 bits per heavy atom. The molecule has 2 aromatic rings. The maximum absolute atomic E-state index is 12.5. The van der Waals surface area contributed by atoms with Crippen molar-refractivity contribution in [2.75, 3.05) is 0 Å². The number of aliphatic hydroxyl groups excluding tert-OH is 1. The van der Waals surface area contributed by atoms with Crippen molar-refractivity contribution in [1.82, 2.24) is 0 Å². The molecule has 0 aromatic heterocycles. The molecular formula is C16H14F2O3. The van der Waals surface area contributed by atoms with Crippen molar-refractivity contribution in [1.29, 1.82) is 0 Å². The van der Waals surface area contributed by atoms with E-state index in [-0.39, 0.29) is 5.75 Å². The molecule has 5 heteroatoms. The third-order valence-electron chi connectivity index (χ3n) is 3.47. The number of benzene rings is 2. The van der Waals surface area contributed by atoms with Gasteiger partial charge in [0.1, 0.15) is 17.6 Å². The van der Waals surface area contributed by atoms with E-state index in [0.717, 1.165) is 0 Å². The summed E-state index contributed by atoms with van der Waals surface area (Å²) in [5, 5.41) is 10.2. The van der Waals surface area contributed by atoms with E-state index in [9.17, 15) is 13.9 Å². The molecule has 0 spiro atoms. The number of rotatable bonds is 3. The number of aliphatic hydroxyl groups is 1. The van der Waals surface area contributed by atoms with Crippen LogP contribution in [0, 0.1) is 0 Å². The smallest absolute Gasteiger partial charge is 0.387 e. The Labute approximate surface area is 120 Å². The highest BCUT2D eigenvalue weighted by molar-refractivity contribution is 5.41. The Bertz CT molecular complexity index is 630. The molecule has 1 unspecified atom stereocenters. The summed E-state index contributed by atoms with van der Waals surface area (Å²) in [6.07, 6.45) is -0.926. The van der Waals surface area contributed by atoms with Gasteiger partial charge in [-0.3, -0.25) is 0 Å². The Balaban J connectivity index is 1.93. The first kappa shape index (κ1) is 13.8. The van der Waals surface area contributed by atoms with Crippen molar-refractivity contribution in [3.8, 4) is 11.5 Å². The van der Waals surface area contributed by atoms with Crippen LogP contribution in [0.25, 0.3) is 0 Å². The summed E-state index contributed by atoms with van der Waals surface area (Å²) in [5.74, 6) is 0.636. The van der Waals surface area contributed by atoms with Gasteiger partial charge in [-0.2, -0.15) is 8.78 Å². The highest BCUT2D eigenvalue weighted by Gasteiger charge is 2.29. The monoisotopic (exact) mass is 292 g/mol. The van der Waals surface area contributed by atoms with E-state index in [1.165, 1.54) is 6.07 Å². The van der Waals surface area contributed by atoms with Crippen LogP contribution in [0.15, 0.2) is 48.5 Å². The van der Waals surface area contributed by atoms with Crippen LogP contribution in [0.2, 0.25) is 0 Å². The summed E-state index contributed by atoms with van der Waals surface area (Å²) in [5.41, 5.74) is 1.22. The number of alkyl halides is 2. The fourth-order valence-corrected chi connectivity index (χ4v) is 2.53. The second-order valence-corrected chi connectivity index (χ2v) is 4.81. The van der Waals surface area contributed by atoms with Crippen molar-refractivity contribution < 1.29 is 23.4 Å². The zero-order valence-corrected chi connectivity index (χ0v) is 11.1. The Hall–Kier alpha value is -2.14. The Morgan fingerprint density at radius 3 is 2.48 bits per heavy atom. The van der Waals surface area contributed by atoms with Crippen LogP contribution in [0.5, 0.6) is 11.5 Å². The zero-order valence-electron chi connectivity index (χ0n) is 11.1. The van der Waals surface area contributed by atoms with Gasteiger partial charge in [-0.15, -0.1) is 0 Å². The van der Waals surface area contributed by atoms with Crippen molar-refractivity contribution >= 4 is 0 Å². The molecule has 1 heterocycles. The molecule has 0 bridgehead atoms. The fourth-order valence-electron chi connectivity index (χ4n) is 2.53. The van der Waals surface area contributed by atoms with Crippen LogP contribution < -0.4 is 9.47 Å².